The molecule has 2 aromatic rings. The van der Waals surface area contributed by atoms with Gasteiger partial charge in [0.2, 0.25) is 5.91 Å². The third kappa shape index (κ3) is 3.75. The van der Waals surface area contributed by atoms with Crippen molar-refractivity contribution in [3.63, 3.8) is 0 Å². The zero-order chi connectivity index (χ0) is 18.1. The van der Waals surface area contributed by atoms with E-state index in [9.17, 15) is 4.79 Å². The van der Waals surface area contributed by atoms with E-state index in [0.717, 1.165) is 54.3 Å². The number of aryl methyl sites for hydroxylation is 1. The standard InChI is InChI=1S/C21H25ClN2O2/c1-15-14-17(15)20-8-6-16(26-20)7-9-21(25)24-12-10-23(11-13-24)19-5-3-2-4-18(19)22/h2-6,8,15,17H,7,9-14H2,1H3/t15-,17-/m1/s1. The van der Waals surface area contributed by atoms with Crippen LogP contribution in [-0.4, -0.2) is 37.0 Å². The van der Waals surface area contributed by atoms with Gasteiger partial charge in [-0.1, -0.05) is 30.7 Å². The lowest BCUT2D eigenvalue weighted by Crippen LogP contribution is -2.48. The van der Waals surface area contributed by atoms with E-state index >= 15 is 0 Å². The van der Waals surface area contributed by atoms with Crippen molar-refractivity contribution in [2.45, 2.75) is 32.1 Å². The molecule has 2 atom stereocenters. The molecule has 2 aliphatic rings. The number of hydrogen-bond acceptors (Lipinski definition) is 3. The molecule has 1 saturated carbocycles. The normalized spacial score (nSPS) is 22.5. The Kier molecular flexibility index (Phi) is 4.94. The van der Waals surface area contributed by atoms with E-state index in [4.69, 9.17) is 16.0 Å². The fourth-order valence-corrected chi connectivity index (χ4v) is 4.00. The molecule has 0 unspecified atom stereocenters. The number of halogens is 1. The highest BCUT2D eigenvalue weighted by Gasteiger charge is 2.36. The minimum atomic E-state index is 0.210. The number of carbonyl (C=O) groups is 1. The Balaban J connectivity index is 1.26. The van der Waals surface area contributed by atoms with E-state index < -0.39 is 0 Å². The molecule has 26 heavy (non-hydrogen) atoms. The van der Waals surface area contributed by atoms with Gasteiger partial charge in [-0.05, 0) is 36.6 Å². The average Bonchev–Trinajstić information content (AvgIpc) is 3.20. The number of rotatable bonds is 5. The summed E-state index contributed by atoms with van der Waals surface area (Å²) in [4.78, 5) is 16.7. The van der Waals surface area contributed by atoms with E-state index in [1.54, 1.807) is 0 Å². The zero-order valence-corrected chi connectivity index (χ0v) is 15.9. The molecule has 1 aromatic heterocycles. The molecule has 0 bridgehead atoms. The molecule has 0 spiro atoms. The molecule has 0 N–H and O–H groups in total. The lowest BCUT2D eigenvalue weighted by Gasteiger charge is -2.36. The summed E-state index contributed by atoms with van der Waals surface area (Å²) in [5.74, 6) is 3.57. The second-order valence-electron chi connectivity index (χ2n) is 7.44. The van der Waals surface area contributed by atoms with Gasteiger partial charge in [-0.3, -0.25) is 4.79 Å². The Labute approximate surface area is 159 Å². The van der Waals surface area contributed by atoms with E-state index in [0.29, 0.717) is 18.8 Å². The van der Waals surface area contributed by atoms with Crippen LogP contribution in [0.2, 0.25) is 5.02 Å². The Hall–Kier alpha value is -1.94. The van der Waals surface area contributed by atoms with Crippen LogP contribution in [0.5, 0.6) is 0 Å². The Morgan fingerprint density at radius 1 is 1.15 bits per heavy atom. The van der Waals surface area contributed by atoms with Gasteiger partial charge in [0.05, 0.1) is 10.7 Å². The van der Waals surface area contributed by atoms with Crippen LogP contribution in [0.15, 0.2) is 40.8 Å². The Morgan fingerprint density at radius 3 is 2.58 bits per heavy atom. The summed E-state index contributed by atoms with van der Waals surface area (Å²) in [6, 6.07) is 12.0. The number of carbonyl (C=O) groups excluding carboxylic acids is 1. The Morgan fingerprint density at radius 2 is 1.88 bits per heavy atom. The van der Waals surface area contributed by atoms with Gasteiger partial charge in [0, 0.05) is 44.9 Å². The van der Waals surface area contributed by atoms with Gasteiger partial charge < -0.3 is 14.2 Å². The van der Waals surface area contributed by atoms with Crippen molar-refractivity contribution in [1.29, 1.82) is 0 Å². The molecule has 0 radical (unpaired) electrons. The van der Waals surface area contributed by atoms with Crippen LogP contribution < -0.4 is 4.90 Å². The topological polar surface area (TPSA) is 36.7 Å². The molecular formula is C21H25ClN2O2. The number of piperazine rings is 1. The summed E-state index contributed by atoms with van der Waals surface area (Å²) in [5.41, 5.74) is 1.05. The van der Waals surface area contributed by atoms with Crippen LogP contribution in [-0.2, 0) is 11.2 Å². The largest absolute Gasteiger partial charge is 0.466 e. The summed E-state index contributed by atoms with van der Waals surface area (Å²) < 4.78 is 5.91. The van der Waals surface area contributed by atoms with E-state index in [-0.39, 0.29) is 5.91 Å². The van der Waals surface area contributed by atoms with Crippen LogP contribution in [0.3, 0.4) is 0 Å². The molecule has 1 aromatic carbocycles. The van der Waals surface area contributed by atoms with E-state index in [1.807, 2.05) is 35.2 Å². The number of nitrogens with zero attached hydrogens (tertiary/aromatic N) is 2. The molecular weight excluding hydrogens is 348 g/mol. The van der Waals surface area contributed by atoms with Crippen LogP contribution in [0, 0.1) is 5.92 Å². The first-order valence-electron chi connectivity index (χ1n) is 9.47. The molecule has 1 amide bonds. The third-order valence-corrected chi connectivity index (χ3v) is 5.89. The molecule has 138 valence electrons. The highest BCUT2D eigenvalue weighted by molar-refractivity contribution is 6.33. The smallest absolute Gasteiger partial charge is 0.223 e. The van der Waals surface area contributed by atoms with Crippen molar-refractivity contribution in [3.8, 4) is 0 Å². The van der Waals surface area contributed by atoms with Gasteiger partial charge in [0.25, 0.3) is 0 Å². The molecule has 1 aliphatic heterocycles. The predicted octanol–water partition coefficient (Wildman–Crippen LogP) is 4.34. The lowest BCUT2D eigenvalue weighted by molar-refractivity contribution is -0.131. The first-order valence-corrected chi connectivity index (χ1v) is 9.85. The highest BCUT2D eigenvalue weighted by Crippen LogP contribution is 2.47. The molecule has 1 aliphatic carbocycles. The summed E-state index contributed by atoms with van der Waals surface area (Å²) >= 11 is 6.28. The maximum Gasteiger partial charge on any atom is 0.223 e. The van der Waals surface area contributed by atoms with Gasteiger partial charge >= 0.3 is 0 Å². The fourth-order valence-electron chi connectivity index (χ4n) is 3.74. The SMILES string of the molecule is C[C@@H]1C[C@H]1c1ccc(CCC(=O)N2CCN(c3ccccc3Cl)CC2)o1. The molecule has 5 heteroatoms. The highest BCUT2D eigenvalue weighted by atomic mass is 35.5. The summed E-state index contributed by atoms with van der Waals surface area (Å²) in [7, 11) is 0. The van der Waals surface area contributed by atoms with Gasteiger partial charge in [-0.15, -0.1) is 0 Å². The first-order chi connectivity index (χ1) is 12.6. The Bertz CT molecular complexity index is 780. The number of para-hydroxylation sites is 1. The maximum atomic E-state index is 12.5. The van der Waals surface area contributed by atoms with Gasteiger partial charge in [-0.25, -0.2) is 0 Å². The van der Waals surface area contributed by atoms with Crippen molar-refractivity contribution < 1.29 is 9.21 Å². The number of hydrogen-bond donors (Lipinski definition) is 0. The van der Waals surface area contributed by atoms with Crippen molar-refractivity contribution in [2.75, 3.05) is 31.1 Å². The van der Waals surface area contributed by atoms with Gasteiger partial charge in [0.15, 0.2) is 0 Å². The van der Waals surface area contributed by atoms with Crippen molar-refractivity contribution >= 4 is 23.2 Å². The van der Waals surface area contributed by atoms with E-state index in [2.05, 4.69) is 17.9 Å². The number of furan rings is 1. The minimum Gasteiger partial charge on any atom is -0.466 e. The number of amides is 1. The van der Waals surface area contributed by atoms with Crippen molar-refractivity contribution in [3.05, 3.63) is 52.9 Å². The summed E-state index contributed by atoms with van der Waals surface area (Å²) in [6.45, 7) is 5.37. The molecule has 4 rings (SSSR count). The maximum absolute atomic E-state index is 12.5. The van der Waals surface area contributed by atoms with Crippen LogP contribution >= 0.6 is 11.6 Å². The minimum absolute atomic E-state index is 0.210. The quantitative estimate of drug-likeness (QED) is 0.783. The summed E-state index contributed by atoms with van der Waals surface area (Å²) in [5, 5.41) is 0.769. The second-order valence-corrected chi connectivity index (χ2v) is 7.85. The second kappa shape index (κ2) is 7.36. The molecule has 2 fully saturated rings. The predicted molar refractivity (Wildman–Crippen MR) is 104 cm³/mol. The number of anilines is 1. The van der Waals surface area contributed by atoms with E-state index in [1.165, 1.54) is 6.42 Å². The first kappa shape index (κ1) is 17.5. The van der Waals surface area contributed by atoms with Crippen LogP contribution in [0.25, 0.3) is 0 Å². The molecule has 2 heterocycles. The van der Waals surface area contributed by atoms with Crippen molar-refractivity contribution in [2.24, 2.45) is 5.92 Å². The van der Waals surface area contributed by atoms with Crippen LogP contribution in [0.4, 0.5) is 5.69 Å². The zero-order valence-electron chi connectivity index (χ0n) is 15.2. The molecule has 4 nitrogen and oxygen atoms in total. The number of benzene rings is 1. The third-order valence-electron chi connectivity index (χ3n) is 5.57. The average molecular weight is 373 g/mol. The van der Waals surface area contributed by atoms with Crippen LogP contribution in [0.1, 0.15) is 37.2 Å². The summed E-state index contributed by atoms with van der Waals surface area (Å²) in [6.07, 6.45) is 2.42. The monoisotopic (exact) mass is 372 g/mol. The fraction of sp³-hybridized carbons (Fsp3) is 0.476. The molecule has 1 saturated heterocycles. The van der Waals surface area contributed by atoms with Crippen molar-refractivity contribution in [1.82, 2.24) is 4.90 Å². The van der Waals surface area contributed by atoms with Gasteiger partial charge in [0.1, 0.15) is 11.5 Å². The van der Waals surface area contributed by atoms with Gasteiger partial charge in [-0.2, -0.15) is 0 Å². The lowest BCUT2D eigenvalue weighted by atomic mass is 10.2.